The van der Waals surface area contributed by atoms with Crippen molar-refractivity contribution < 1.29 is 34.4 Å². The molecule has 3 N–H and O–H groups in total. The van der Waals surface area contributed by atoms with Crippen LogP contribution in [0.1, 0.15) is 117 Å². The fourth-order valence-corrected chi connectivity index (χ4v) is 3.87. The number of allylic oxidation sites excluding steroid dienone is 7. The average Bonchev–Trinajstić information content (AvgIpc) is 2.95. The van der Waals surface area contributed by atoms with E-state index >= 15 is 0 Å². The lowest BCUT2D eigenvalue weighted by Crippen LogP contribution is -2.28. The van der Waals surface area contributed by atoms with E-state index in [1.165, 1.54) is 25.7 Å². The molecule has 0 spiro atoms. The molecule has 0 unspecified atom stereocenters. The first-order valence-electron chi connectivity index (χ1n) is 15.4. The predicted octanol–water partition coefficient (Wildman–Crippen LogP) is 6.66. The Hall–Kier alpha value is -2.22. The summed E-state index contributed by atoms with van der Waals surface area (Å²) in [5.74, 6) is -0.892. The van der Waals surface area contributed by atoms with E-state index in [2.05, 4.69) is 50.3 Å². The molecule has 0 aromatic rings. The minimum Gasteiger partial charge on any atom is -0.462 e. The van der Waals surface area contributed by atoms with E-state index < -0.39 is 36.9 Å². The van der Waals surface area contributed by atoms with Crippen LogP contribution in [0.5, 0.6) is 0 Å². The summed E-state index contributed by atoms with van der Waals surface area (Å²) in [6.45, 7) is 3.68. The Morgan fingerprint density at radius 3 is 1.82 bits per heavy atom. The summed E-state index contributed by atoms with van der Waals surface area (Å²) in [4.78, 5) is 24.0. The molecule has 0 fully saturated rings. The molecule has 0 saturated carbocycles. The molecular formula is C33H56O7. The van der Waals surface area contributed by atoms with Crippen LogP contribution in [0.25, 0.3) is 0 Å². The Morgan fingerprint density at radius 2 is 1.23 bits per heavy atom. The van der Waals surface area contributed by atoms with Crippen LogP contribution >= 0.6 is 0 Å². The molecule has 40 heavy (non-hydrogen) atoms. The molecule has 0 aliphatic rings. The van der Waals surface area contributed by atoms with E-state index in [-0.39, 0.29) is 19.4 Å². The summed E-state index contributed by atoms with van der Waals surface area (Å²) in [6, 6.07) is 0. The van der Waals surface area contributed by atoms with Crippen molar-refractivity contribution in [2.24, 2.45) is 0 Å². The standard InChI is InChI=1S/C33H56O7/c1-3-5-7-9-11-12-13-14-15-17-18-20-23-30(35)31(36)24-22-26-32(37)39-28-29(27-34)40-33(38)25-21-19-16-10-8-6-4-2/h5,7,11-12,14-15,18,20,29-31,34-36H,3-4,6,8-10,13,16-17,19,21-28H2,1-2H3/b7-5-,12-11-,15-14-,20-18-/t29-,30-,31-/m0/s1. The van der Waals surface area contributed by atoms with Gasteiger partial charge in [0.15, 0.2) is 6.10 Å². The second-order valence-electron chi connectivity index (χ2n) is 10.1. The van der Waals surface area contributed by atoms with Gasteiger partial charge >= 0.3 is 11.9 Å². The number of carbonyl (C=O) groups is 2. The van der Waals surface area contributed by atoms with Crippen LogP contribution in [0.2, 0.25) is 0 Å². The number of unbranched alkanes of at least 4 members (excludes halogenated alkanes) is 6. The van der Waals surface area contributed by atoms with E-state index in [0.717, 1.165) is 44.9 Å². The lowest BCUT2D eigenvalue weighted by molar-refractivity contribution is -0.161. The topological polar surface area (TPSA) is 113 Å². The second-order valence-corrected chi connectivity index (χ2v) is 10.1. The molecule has 0 aliphatic carbocycles. The van der Waals surface area contributed by atoms with Crippen LogP contribution in [-0.4, -0.2) is 58.8 Å². The summed E-state index contributed by atoms with van der Waals surface area (Å²) in [6.07, 6.45) is 26.5. The highest BCUT2D eigenvalue weighted by atomic mass is 16.6. The largest absolute Gasteiger partial charge is 0.462 e. The number of aliphatic hydroxyl groups excluding tert-OH is 3. The number of hydrogen-bond donors (Lipinski definition) is 3. The van der Waals surface area contributed by atoms with Crippen molar-refractivity contribution in [2.45, 2.75) is 135 Å². The van der Waals surface area contributed by atoms with E-state index in [1.807, 2.05) is 12.2 Å². The maximum absolute atomic E-state index is 12.0. The Bertz CT molecular complexity index is 726. The molecule has 0 rings (SSSR count). The molecule has 0 radical (unpaired) electrons. The third-order valence-corrected chi connectivity index (χ3v) is 6.34. The minimum absolute atomic E-state index is 0.0673. The fourth-order valence-electron chi connectivity index (χ4n) is 3.87. The van der Waals surface area contributed by atoms with Crippen LogP contribution in [0, 0.1) is 0 Å². The number of carbonyl (C=O) groups excluding carboxylic acids is 2. The first-order valence-corrected chi connectivity index (χ1v) is 15.4. The Morgan fingerprint density at radius 1 is 0.675 bits per heavy atom. The molecule has 0 aromatic heterocycles. The number of rotatable bonds is 26. The number of esters is 2. The van der Waals surface area contributed by atoms with Gasteiger partial charge in [0.1, 0.15) is 6.61 Å². The van der Waals surface area contributed by atoms with E-state index in [0.29, 0.717) is 19.3 Å². The highest BCUT2D eigenvalue weighted by Gasteiger charge is 2.18. The monoisotopic (exact) mass is 564 g/mol. The van der Waals surface area contributed by atoms with Gasteiger partial charge in [-0.2, -0.15) is 0 Å². The van der Waals surface area contributed by atoms with Crippen molar-refractivity contribution >= 4 is 11.9 Å². The lowest BCUT2D eigenvalue weighted by atomic mass is 10.0. The van der Waals surface area contributed by atoms with Gasteiger partial charge in [-0.25, -0.2) is 0 Å². The zero-order valence-corrected chi connectivity index (χ0v) is 25.1. The van der Waals surface area contributed by atoms with Gasteiger partial charge in [-0.15, -0.1) is 0 Å². The molecule has 3 atom stereocenters. The fraction of sp³-hybridized carbons (Fsp3) is 0.697. The van der Waals surface area contributed by atoms with Crippen LogP contribution in [0.15, 0.2) is 48.6 Å². The minimum atomic E-state index is -0.933. The van der Waals surface area contributed by atoms with Crippen molar-refractivity contribution in [1.29, 1.82) is 0 Å². The normalized spacial score (nSPS) is 14.4. The summed E-state index contributed by atoms with van der Waals surface area (Å²) < 4.78 is 10.3. The van der Waals surface area contributed by atoms with Gasteiger partial charge in [0, 0.05) is 12.8 Å². The SMILES string of the molecule is CC/C=C\C/C=C\C/C=C\C/C=C\C[C@H](O)[C@@H](O)CCCC(=O)OC[C@H](CO)OC(=O)CCCCCCCCC. The van der Waals surface area contributed by atoms with Gasteiger partial charge in [0.25, 0.3) is 0 Å². The molecule has 7 heteroatoms. The van der Waals surface area contributed by atoms with Crippen molar-refractivity contribution in [2.75, 3.05) is 13.2 Å². The third-order valence-electron chi connectivity index (χ3n) is 6.34. The Balaban J connectivity index is 3.94. The van der Waals surface area contributed by atoms with Gasteiger partial charge < -0.3 is 24.8 Å². The molecule has 0 saturated heterocycles. The third kappa shape index (κ3) is 24.8. The summed E-state index contributed by atoms with van der Waals surface area (Å²) in [5.41, 5.74) is 0. The van der Waals surface area contributed by atoms with E-state index in [4.69, 9.17) is 9.47 Å². The predicted molar refractivity (Wildman–Crippen MR) is 162 cm³/mol. The molecule has 0 aromatic carbocycles. The van der Waals surface area contributed by atoms with E-state index in [9.17, 15) is 24.9 Å². The quantitative estimate of drug-likeness (QED) is 0.0611. The molecule has 7 nitrogen and oxygen atoms in total. The number of hydrogen-bond acceptors (Lipinski definition) is 7. The lowest BCUT2D eigenvalue weighted by Gasteiger charge is -2.17. The molecule has 230 valence electrons. The van der Waals surface area contributed by atoms with Crippen LogP contribution < -0.4 is 0 Å². The van der Waals surface area contributed by atoms with Gasteiger partial charge in [-0.3, -0.25) is 9.59 Å². The zero-order valence-electron chi connectivity index (χ0n) is 25.1. The van der Waals surface area contributed by atoms with Gasteiger partial charge in [-0.05, 0) is 51.4 Å². The average molecular weight is 565 g/mol. The Labute approximate surface area is 243 Å². The smallest absolute Gasteiger partial charge is 0.306 e. The first kappa shape index (κ1) is 37.8. The first-order chi connectivity index (χ1) is 19.4. The maximum atomic E-state index is 12.0. The van der Waals surface area contributed by atoms with Gasteiger partial charge in [0.05, 0.1) is 18.8 Å². The molecule has 0 amide bonds. The van der Waals surface area contributed by atoms with Crippen molar-refractivity contribution in [3.8, 4) is 0 Å². The second kappa shape index (κ2) is 28.3. The van der Waals surface area contributed by atoms with Gasteiger partial charge in [-0.1, -0.05) is 101 Å². The molecule has 0 aliphatic heterocycles. The summed E-state index contributed by atoms with van der Waals surface area (Å²) >= 11 is 0. The summed E-state index contributed by atoms with van der Waals surface area (Å²) in [5, 5.41) is 29.7. The molecule has 0 bridgehead atoms. The summed E-state index contributed by atoms with van der Waals surface area (Å²) in [7, 11) is 0. The zero-order chi connectivity index (χ0) is 29.7. The van der Waals surface area contributed by atoms with Crippen LogP contribution in [0.3, 0.4) is 0 Å². The number of ether oxygens (including phenoxy) is 2. The van der Waals surface area contributed by atoms with Crippen molar-refractivity contribution in [3.63, 3.8) is 0 Å². The highest BCUT2D eigenvalue weighted by Crippen LogP contribution is 2.11. The van der Waals surface area contributed by atoms with Crippen LogP contribution in [-0.2, 0) is 19.1 Å². The van der Waals surface area contributed by atoms with Crippen molar-refractivity contribution in [1.82, 2.24) is 0 Å². The van der Waals surface area contributed by atoms with Gasteiger partial charge in [0.2, 0.25) is 0 Å². The highest BCUT2D eigenvalue weighted by molar-refractivity contribution is 5.70. The van der Waals surface area contributed by atoms with E-state index in [1.54, 1.807) is 0 Å². The Kier molecular flexibility index (Phi) is 26.7. The van der Waals surface area contributed by atoms with Crippen molar-refractivity contribution in [3.05, 3.63) is 48.6 Å². The molecule has 0 heterocycles. The molecular weight excluding hydrogens is 508 g/mol. The van der Waals surface area contributed by atoms with Crippen LogP contribution in [0.4, 0.5) is 0 Å². The maximum Gasteiger partial charge on any atom is 0.306 e. The number of aliphatic hydroxyl groups is 3.